The number of ether oxygens (including phenoxy) is 1. The van der Waals surface area contributed by atoms with Crippen LogP contribution in [0.5, 0.6) is 0 Å². The molecule has 0 unspecified atom stereocenters. The Bertz CT molecular complexity index is 536. The van der Waals surface area contributed by atoms with Crippen LogP contribution in [-0.4, -0.2) is 43.2 Å². The van der Waals surface area contributed by atoms with Crippen molar-refractivity contribution in [2.45, 2.75) is 44.2 Å². The molecule has 1 aromatic rings. The fraction of sp³-hybridized carbons (Fsp3) is 0.611. The van der Waals surface area contributed by atoms with Crippen molar-refractivity contribution in [2.24, 2.45) is 0 Å². The number of amides is 1. The predicted octanol–water partition coefficient (Wildman–Crippen LogP) is 2.95. The van der Waals surface area contributed by atoms with Crippen molar-refractivity contribution in [1.29, 1.82) is 0 Å². The van der Waals surface area contributed by atoms with E-state index in [-0.39, 0.29) is 11.4 Å². The third-order valence-corrected chi connectivity index (χ3v) is 5.22. The number of benzene rings is 1. The third kappa shape index (κ3) is 3.87. The number of likely N-dealkylation sites (N-methyl/N-ethyl adjacent to an activating group) is 1. The minimum Gasteiger partial charge on any atom is -0.381 e. The molecule has 2 aliphatic rings. The molecule has 1 aliphatic carbocycles. The minimum atomic E-state index is -0.193. The van der Waals surface area contributed by atoms with E-state index < -0.39 is 0 Å². The maximum absolute atomic E-state index is 12.5. The number of hydrogen-bond donors (Lipinski definition) is 1. The van der Waals surface area contributed by atoms with E-state index in [1.54, 1.807) is 0 Å². The molecule has 126 valence electrons. The molecule has 1 aliphatic heterocycles. The summed E-state index contributed by atoms with van der Waals surface area (Å²) in [6.45, 7) is 4.66. The lowest BCUT2D eigenvalue weighted by Crippen LogP contribution is -2.51. The monoisotopic (exact) mass is 336 g/mol. The number of rotatable bonds is 6. The Morgan fingerprint density at radius 2 is 1.96 bits per heavy atom. The molecule has 5 heteroatoms. The van der Waals surface area contributed by atoms with Gasteiger partial charge in [0.2, 0.25) is 5.91 Å². The van der Waals surface area contributed by atoms with Gasteiger partial charge in [0.25, 0.3) is 0 Å². The van der Waals surface area contributed by atoms with Crippen molar-refractivity contribution in [3.05, 3.63) is 34.9 Å². The molecule has 23 heavy (non-hydrogen) atoms. The molecule has 3 rings (SSSR count). The highest BCUT2D eigenvalue weighted by atomic mass is 35.5. The first kappa shape index (κ1) is 16.7. The van der Waals surface area contributed by atoms with Gasteiger partial charge in [0.05, 0.1) is 6.54 Å². The molecule has 2 fully saturated rings. The Morgan fingerprint density at radius 3 is 2.52 bits per heavy atom. The molecule has 1 saturated heterocycles. The van der Waals surface area contributed by atoms with Crippen LogP contribution in [0.25, 0.3) is 0 Å². The zero-order valence-electron chi connectivity index (χ0n) is 13.7. The fourth-order valence-electron chi connectivity index (χ4n) is 3.43. The molecule has 1 saturated carbocycles. The number of halogens is 1. The maximum Gasteiger partial charge on any atom is 0.236 e. The fourth-order valence-corrected chi connectivity index (χ4v) is 3.55. The topological polar surface area (TPSA) is 41.6 Å². The number of carbonyl (C=O) groups excluding carboxylic acids is 1. The second kappa shape index (κ2) is 7.20. The predicted molar refractivity (Wildman–Crippen MR) is 91.6 cm³/mol. The van der Waals surface area contributed by atoms with Crippen LogP contribution in [0.15, 0.2) is 24.3 Å². The van der Waals surface area contributed by atoms with E-state index in [4.69, 9.17) is 16.3 Å². The Hall–Kier alpha value is -1.10. The summed E-state index contributed by atoms with van der Waals surface area (Å²) in [7, 11) is 0. The van der Waals surface area contributed by atoms with Crippen LogP contribution >= 0.6 is 11.6 Å². The molecule has 0 spiro atoms. The quantitative estimate of drug-likeness (QED) is 0.868. The normalized spacial score (nSPS) is 20.3. The van der Waals surface area contributed by atoms with Crippen molar-refractivity contribution in [3.63, 3.8) is 0 Å². The smallest absolute Gasteiger partial charge is 0.236 e. The highest BCUT2D eigenvalue weighted by Crippen LogP contribution is 2.33. The van der Waals surface area contributed by atoms with Gasteiger partial charge in [-0.25, -0.2) is 0 Å². The van der Waals surface area contributed by atoms with Gasteiger partial charge in [-0.05, 0) is 50.3 Å². The molecule has 0 aromatic heterocycles. The zero-order valence-corrected chi connectivity index (χ0v) is 14.4. The lowest BCUT2D eigenvalue weighted by atomic mass is 9.82. The lowest BCUT2D eigenvalue weighted by Gasteiger charge is -2.39. The van der Waals surface area contributed by atoms with Gasteiger partial charge in [-0.3, -0.25) is 10.1 Å². The molecule has 4 nitrogen and oxygen atoms in total. The second-order valence-corrected chi connectivity index (χ2v) is 6.90. The highest BCUT2D eigenvalue weighted by molar-refractivity contribution is 6.30. The first-order chi connectivity index (χ1) is 11.1. The van der Waals surface area contributed by atoms with Gasteiger partial charge >= 0.3 is 0 Å². The summed E-state index contributed by atoms with van der Waals surface area (Å²) in [4.78, 5) is 14.5. The summed E-state index contributed by atoms with van der Waals surface area (Å²) in [5.41, 5.74) is 0.994. The number of carbonyl (C=O) groups is 1. The molecular formula is C18H25ClN2O2. The number of hydrogen-bond acceptors (Lipinski definition) is 3. The van der Waals surface area contributed by atoms with E-state index in [9.17, 15) is 4.79 Å². The summed E-state index contributed by atoms with van der Waals surface area (Å²) in [6.07, 6.45) is 4.04. The largest absolute Gasteiger partial charge is 0.381 e. The molecule has 0 radical (unpaired) electrons. The Labute approximate surface area is 143 Å². The first-order valence-electron chi connectivity index (χ1n) is 8.53. The Morgan fingerprint density at radius 1 is 1.30 bits per heavy atom. The van der Waals surface area contributed by atoms with Crippen molar-refractivity contribution >= 4 is 17.5 Å². The Balaban J connectivity index is 1.71. The summed E-state index contributed by atoms with van der Waals surface area (Å²) < 4.78 is 5.53. The lowest BCUT2D eigenvalue weighted by molar-refractivity contribution is -0.131. The second-order valence-electron chi connectivity index (χ2n) is 6.47. The molecule has 1 amide bonds. The van der Waals surface area contributed by atoms with Gasteiger partial charge in [-0.15, -0.1) is 0 Å². The van der Waals surface area contributed by atoms with Gasteiger partial charge in [0.15, 0.2) is 0 Å². The van der Waals surface area contributed by atoms with Gasteiger partial charge in [0.1, 0.15) is 0 Å². The highest BCUT2D eigenvalue weighted by Gasteiger charge is 2.36. The van der Waals surface area contributed by atoms with Crippen molar-refractivity contribution in [2.75, 3.05) is 26.3 Å². The van der Waals surface area contributed by atoms with Crippen LogP contribution in [0.1, 0.15) is 38.2 Å². The summed E-state index contributed by atoms with van der Waals surface area (Å²) >= 11 is 6.02. The molecule has 1 heterocycles. The van der Waals surface area contributed by atoms with Crippen LogP contribution < -0.4 is 5.32 Å². The van der Waals surface area contributed by atoms with E-state index in [1.165, 1.54) is 5.56 Å². The van der Waals surface area contributed by atoms with Gasteiger partial charge < -0.3 is 9.64 Å². The van der Waals surface area contributed by atoms with Crippen LogP contribution in [0, 0.1) is 0 Å². The SMILES string of the molecule is CCN(C(=O)CNC1(c2ccc(Cl)cc2)CCOCC1)C1CC1. The van der Waals surface area contributed by atoms with Crippen LogP contribution in [0.3, 0.4) is 0 Å². The van der Waals surface area contributed by atoms with Crippen LogP contribution in [-0.2, 0) is 15.1 Å². The van der Waals surface area contributed by atoms with E-state index in [2.05, 4.69) is 24.4 Å². The van der Waals surface area contributed by atoms with Gasteiger partial charge in [-0.2, -0.15) is 0 Å². The van der Waals surface area contributed by atoms with E-state index in [1.807, 2.05) is 17.0 Å². The van der Waals surface area contributed by atoms with Gasteiger partial charge in [-0.1, -0.05) is 23.7 Å². The molecule has 1 N–H and O–H groups in total. The van der Waals surface area contributed by atoms with E-state index in [0.29, 0.717) is 25.8 Å². The summed E-state index contributed by atoms with van der Waals surface area (Å²) in [5.74, 6) is 0.204. The maximum atomic E-state index is 12.5. The summed E-state index contributed by atoms with van der Waals surface area (Å²) in [6, 6.07) is 8.42. The average Bonchev–Trinajstić information content (AvgIpc) is 3.40. The van der Waals surface area contributed by atoms with Crippen LogP contribution in [0.2, 0.25) is 5.02 Å². The summed E-state index contributed by atoms with van der Waals surface area (Å²) in [5, 5.41) is 4.29. The number of nitrogens with one attached hydrogen (secondary N) is 1. The average molecular weight is 337 g/mol. The standard InChI is InChI=1S/C18H25ClN2O2/c1-2-21(16-7-8-16)17(22)13-20-18(9-11-23-12-10-18)14-3-5-15(19)6-4-14/h3-6,16,20H,2,7-13H2,1H3. The number of nitrogens with zero attached hydrogens (tertiary/aromatic N) is 1. The first-order valence-corrected chi connectivity index (χ1v) is 8.91. The zero-order chi connectivity index (χ0) is 16.3. The van der Waals surface area contributed by atoms with Crippen LogP contribution in [0.4, 0.5) is 0 Å². The molecule has 0 atom stereocenters. The van der Waals surface area contributed by atoms with Gasteiger partial charge in [0, 0.05) is 36.4 Å². The van der Waals surface area contributed by atoms with Crippen molar-refractivity contribution < 1.29 is 9.53 Å². The van der Waals surface area contributed by atoms with E-state index >= 15 is 0 Å². The Kier molecular flexibility index (Phi) is 5.24. The molecule has 1 aromatic carbocycles. The van der Waals surface area contributed by atoms with E-state index in [0.717, 1.165) is 37.3 Å². The van der Waals surface area contributed by atoms with Crippen molar-refractivity contribution in [1.82, 2.24) is 10.2 Å². The molecular weight excluding hydrogens is 312 g/mol. The molecule has 0 bridgehead atoms. The third-order valence-electron chi connectivity index (χ3n) is 4.97. The minimum absolute atomic E-state index is 0.193. The van der Waals surface area contributed by atoms with Crippen molar-refractivity contribution in [3.8, 4) is 0 Å².